The molecule has 0 spiro atoms. The van der Waals surface area contributed by atoms with Crippen LogP contribution in [0.25, 0.3) is 11.1 Å². The molecule has 2 N–H and O–H groups in total. The van der Waals surface area contributed by atoms with E-state index in [-0.39, 0.29) is 48.2 Å². The number of aliphatic hydroxyl groups is 1. The molecular formula is C28H25F2NO6. The fourth-order valence-corrected chi connectivity index (χ4v) is 4.47. The maximum atomic E-state index is 14.8. The number of nitrogens with zero attached hydrogens (tertiary/aromatic N) is 1. The lowest BCUT2D eigenvalue weighted by atomic mass is 9.92. The van der Waals surface area contributed by atoms with Crippen LogP contribution in [0.4, 0.5) is 8.78 Å². The number of amides is 2. The number of carbonyl (C=O) groups excluding carboxylic acids is 2. The summed E-state index contributed by atoms with van der Waals surface area (Å²) >= 11 is 0. The highest BCUT2D eigenvalue weighted by atomic mass is 19.1. The Kier molecular flexibility index (Phi) is 7.63. The van der Waals surface area contributed by atoms with Crippen LogP contribution in [0.15, 0.2) is 60.7 Å². The summed E-state index contributed by atoms with van der Waals surface area (Å²) in [5.74, 6) is -4.61. The number of carboxylic acid groups (broad SMARTS) is 1. The van der Waals surface area contributed by atoms with Crippen LogP contribution in [-0.2, 0) is 11.2 Å². The third kappa shape index (κ3) is 5.36. The van der Waals surface area contributed by atoms with E-state index in [2.05, 4.69) is 0 Å². The summed E-state index contributed by atoms with van der Waals surface area (Å²) in [6.45, 7) is -0.165. The van der Waals surface area contributed by atoms with Crippen molar-refractivity contribution in [2.24, 2.45) is 5.92 Å². The number of fused-ring (bicyclic) bond motifs is 1. The van der Waals surface area contributed by atoms with Gasteiger partial charge in [-0.2, -0.15) is 0 Å². The van der Waals surface area contributed by atoms with Gasteiger partial charge in [-0.15, -0.1) is 0 Å². The van der Waals surface area contributed by atoms with E-state index >= 15 is 0 Å². The molecule has 192 valence electrons. The standard InChI is InChI=1S/C28H25F2NO6/c1-37-25-11-9-18(15-23(25)30)17-7-6-16(22(29)14-17)8-10-24(32)21(28(35)36)12-13-31-26(33)19-4-2-3-5-20(19)27(31)34/h2-7,9,11,14-15,21,24,32H,8,10,12-13H2,1H3,(H,35,36)/t21?,24-/m1/s1. The van der Waals surface area contributed by atoms with E-state index in [4.69, 9.17) is 4.74 Å². The summed E-state index contributed by atoms with van der Waals surface area (Å²) in [6.07, 6.45) is -1.47. The number of halogens is 2. The normalized spacial score (nSPS) is 14.4. The number of methoxy groups -OCH3 is 1. The first-order valence-corrected chi connectivity index (χ1v) is 11.7. The number of carboxylic acids is 1. The van der Waals surface area contributed by atoms with Crippen molar-refractivity contribution in [2.75, 3.05) is 13.7 Å². The molecule has 0 aromatic heterocycles. The molecular weight excluding hydrogens is 484 g/mol. The van der Waals surface area contributed by atoms with Crippen molar-refractivity contribution in [1.29, 1.82) is 0 Å². The molecule has 0 saturated heterocycles. The van der Waals surface area contributed by atoms with Gasteiger partial charge in [-0.1, -0.05) is 30.3 Å². The van der Waals surface area contributed by atoms with Crippen LogP contribution < -0.4 is 4.74 Å². The number of ether oxygens (including phenoxy) is 1. The van der Waals surface area contributed by atoms with Crippen LogP contribution in [0.3, 0.4) is 0 Å². The molecule has 3 aromatic carbocycles. The summed E-state index contributed by atoms with van der Waals surface area (Å²) < 4.78 is 33.7. The number of aryl methyl sites for hydroxylation is 1. The molecule has 3 aromatic rings. The van der Waals surface area contributed by atoms with Crippen molar-refractivity contribution in [3.05, 3.63) is 89.0 Å². The molecule has 1 heterocycles. The van der Waals surface area contributed by atoms with Crippen molar-refractivity contribution in [1.82, 2.24) is 4.90 Å². The van der Waals surface area contributed by atoms with Gasteiger partial charge in [0.05, 0.1) is 30.3 Å². The number of aliphatic carboxylic acids is 1. The van der Waals surface area contributed by atoms with Crippen LogP contribution in [0.1, 0.15) is 39.1 Å². The summed E-state index contributed by atoms with van der Waals surface area (Å²) in [5.41, 5.74) is 1.70. The van der Waals surface area contributed by atoms with Gasteiger partial charge in [0.2, 0.25) is 0 Å². The van der Waals surface area contributed by atoms with Crippen molar-refractivity contribution >= 4 is 17.8 Å². The molecule has 9 heteroatoms. The number of hydrogen-bond acceptors (Lipinski definition) is 5. The molecule has 0 fully saturated rings. The van der Waals surface area contributed by atoms with E-state index in [0.717, 1.165) is 4.90 Å². The Bertz CT molecular complexity index is 1320. The lowest BCUT2D eigenvalue weighted by molar-refractivity contribution is -0.146. The smallest absolute Gasteiger partial charge is 0.309 e. The van der Waals surface area contributed by atoms with E-state index in [9.17, 15) is 33.4 Å². The first-order valence-electron chi connectivity index (χ1n) is 11.7. The third-order valence-corrected chi connectivity index (χ3v) is 6.57. The minimum atomic E-state index is -1.33. The molecule has 1 unspecified atom stereocenters. The summed E-state index contributed by atoms with van der Waals surface area (Å²) in [4.78, 5) is 37.8. The van der Waals surface area contributed by atoms with E-state index in [1.807, 2.05) is 0 Å². The summed E-state index contributed by atoms with van der Waals surface area (Å²) in [6, 6.07) is 15.0. The fourth-order valence-electron chi connectivity index (χ4n) is 4.47. The van der Waals surface area contributed by atoms with Crippen molar-refractivity contribution < 1.29 is 38.1 Å². The zero-order valence-corrected chi connectivity index (χ0v) is 20.0. The second-order valence-electron chi connectivity index (χ2n) is 8.80. The van der Waals surface area contributed by atoms with Crippen molar-refractivity contribution in [3.63, 3.8) is 0 Å². The average Bonchev–Trinajstić information content (AvgIpc) is 3.12. The Morgan fingerprint density at radius 1 is 0.919 bits per heavy atom. The highest BCUT2D eigenvalue weighted by Gasteiger charge is 2.36. The maximum Gasteiger partial charge on any atom is 0.309 e. The molecule has 7 nitrogen and oxygen atoms in total. The Hall–Kier alpha value is -4.11. The first kappa shape index (κ1) is 26.0. The number of benzene rings is 3. The van der Waals surface area contributed by atoms with Gasteiger partial charge >= 0.3 is 5.97 Å². The third-order valence-electron chi connectivity index (χ3n) is 6.57. The minimum Gasteiger partial charge on any atom is -0.494 e. The average molecular weight is 510 g/mol. The zero-order valence-electron chi connectivity index (χ0n) is 20.0. The lowest BCUT2D eigenvalue weighted by Crippen LogP contribution is -2.36. The molecule has 0 aliphatic carbocycles. The van der Waals surface area contributed by atoms with Crippen LogP contribution in [0.2, 0.25) is 0 Å². The van der Waals surface area contributed by atoms with Gasteiger partial charge in [-0.3, -0.25) is 19.3 Å². The van der Waals surface area contributed by atoms with Crippen molar-refractivity contribution in [2.45, 2.75) is 25.4 Å². The molecule has 0 bridgehead atoms. The van der Waals surface area contributed by atoms with Crippen LogP contribution in [0, 0.1) is 17.6 Å². The molecule has 2 amide bonds. The van der Waals surface area contributed by atoms with Gasteiger partial charge in [0.1, 0.15) is 5.82 Å². The predicted octanol–water partition coefficient (Wildman–Crippen LogP) is 4.32. The molecule has 37 heavy (non-hydrogen) atoms. The Labute approximate surface area is 211 Å². The first-order chi connectivity index (χ1) is 17.7. The number of carbonyl (C=O) groups is 3. The summed E-state index contributed by atoms with van der Waals surface area (Å²) in [5, 5.41) is 20.2. The number of hydrogen-bond donors (Lipinski definition) is 2. The number of rotatable bonds is 10. The van der Waals surface area contributed by atoms with Gasteiger partial charge in [-0.25, -0.2) is 8.78 Å². The Balaban J connectivity index is 1.38. The van der Waals surface area contributed by atoms with Crippen molar-refractivity contribution in [3.8, 4) is 16.9 Å². The number of imide groups is 1. The Morgan fingerprint density at radius 2 is 1.51 bits per heavy atom. The van der Waals surface area contributed by atoms with Crippen LogP contribution in [0.5, 0.6) is 5.75 Å². The number of aliphatic hydroxyl groups excluding tert-OH is 1. The monoisotopic (exact) mass is 509 g/mol. The lowest BCUT2D eigenvalue weighted by Gasteiger charge is -2.22. The molecule has 1 aliphatic rings. The molecule has 4 rings (SSSR count). The highest BCUT2D eigenvalue weighted by molar-refractivity contribution is 6.21. The van der Waals surface area contributed by atoms with Gasteiger partial charge in [0.15, 0.2) is 11.6 Å². The Morgan fingerprint density at radius 3 is 2.05 bits per heavy atom. The minimum absolute atomic E-state index is 0.0491. The van der Waals surface area contributed by atoms with Crippen LogP contribution >= 0.6 is 0 Å². The fraction of sp³-hybridized carbons (Fsp3) is 0.250. The summed E-state index contributed by atoms with van der Waals surface area (Å²) in [7, 11) is 1.35. The SMILES string of the molecule is COc1ccc(-c2ccc(CC[C@@H](O)C(CCN3C(=O)c4ccccc4C3=O)C(=O)O)c(F)c2)cc1F. The largest absolute Gasteiger partial charge is 0.494 e. The second kappa shape index (κ2) is 10.9. The van der Waals surface area contributed by atoms with Gasteiger partial charge in [-0.05, 0) is 66.3 Å². The van der Waals surface area contributed by atoms with E-state index in [1.165, 1.54) is 43.5 Å². The second-order valence-corrected chi connectivity index (χ2v) is 8.80. The van der Waals surface area contributed by atoms with Gasteiger partial charge < -0.3 is 14.9 Å². The van der Waals surface area contributed by atoms with E-state index < -0.39 is 41.4 Å². The van der Waals surface area contributed by atoms with Crippen LogP contribution in [-0.4, -0.2) is 52.7 Å². The molecule has 0 saturated carbocycles. The topological polar surface area (TPSA) is 104 Å². The quantitative estimate of drug-likeness (QED) is 0.395. The maximum absolute atomic E-state index is 14.8. The predicted molar refractivity (Wildman–Crippen MR) is 130 cm³/mol. The van der Waals surface area contributed by atoms with Gasteiger partial charge in [0, 0.05) is 6.54 Å². The van der Waals surface area contributed by atoms with E-state index in [0.29, 0.717) is 11.1 Å². The van der Waals surface area contributed by atoms with E-state index in [1.54, 1.807) is 24.3 Å². The molecule has 0 radical (unpaired) electrons. The molecule has 2 atom stereocenters. The molecule has 1 aliphatic heterocycles. The van der Waals surface area contributed by atoms with Gasteiger partial charge in [0.25, 0.3) is 11.8 Å². The zero-order chi connectivity index (χ0) is 26.7. The highest BCUT2D eigenvalue weighted by Crippen LogP contribution is 2.28.